The third kappa shape index (κ3) is 2.59. The molecular weight excluding hydrogens is 200 g/mol. The highest BCUT2D eigenvalue weighted by Crippen LogP contribution is 2.16. The monoisotopic (exact) mass is 214 g/mol. The van der Waals surface area contributed by atoms with Crippen molar-refractivity contribution >= 4 is 18.2 Å². The van der Waals surface area contributed by atoms with Gasteiger partial charge in [0.2, 0.25) is 0 Å². The Balaban J connectivity index is 0.000000980. The number of anilines is 1. The number of piperidine rings is 1. The van der Waals surface area contributed by atoms with Gasteiger partial charge in [0, 0.05) is 19.3 Å². The first-order chi connectivity index (χ1) is 6.36. The molecule has 1 aliphatic rings. The highest BCUT2D eigenvalue weighted by atomic mass is 35.5. The summed E-state index contributed by atoms with van der Waals surface area (Å²) in [6, 6.07) is 5.92. The summed E-state index contributed by atoms with van der Waals surface area (Å²) in [5, 5.41) is 9.33. The Labute approximate surface area is 90.2 Å². The molecule has 0 aromatic carbocycles. The topological polar surface area (TPSA) is 36.4 Å². The third-order valence-electron chi connectivity index (χ3n) is 2.44. The number of rotatable bonds is 1. The lowest BCUT2D eigenvalue weighted by Gasteiger charge is -2.30. The molecule has 0 aliphatic carbocycles. The van der Waals surface area contributed by atoms with Gasteiger partial charge in [0.1, 0.15) is 5.82 Å². The smallest absolute Gasteiger partial charge is 0.128 e. The largest absolute Gasteiger partial charge is 0.393 e. The van der Waals surface area contributed by atoms with Gasteiger partial charge in [-0.15, -0.1) is 12.4 Å². The zero-order valence-electron chi connectivity index (χ0n) is 7.97. The summed E-state index contributed by atoms with van der Waals surface area (Å²) in [5.41, 5.74) is 0. The molecule has 0 atom stereocenters. The predicted molar refractivity (Wildman–Crippen MR) is 58.9 cm³/mol. The normalized spacial score (nSPS) is 17.6. The number of aliphatic hydroxyl groups is 1. The van der Waals surface area contributed by atoms with Crippen molar-refractivity contribution in [3.63, 3.8) is 0 Å². The summed E-state index contributed by atoms with van der Waals surface area (Å²) < 4.78 is 0. The Morgan fingerprint density at radius 1 is 1.29 bits per heavy atom. The molecule has 2 rings (SSSR count). The van der Waals surface area contributed by atoms with Gasteiger partial charge in [-0.1, -0.05) is 6.07 Å². The van der Waals surface area contributed by atoms with Crippen LogP contribution in [0.4, 0.5) is 5.82 Å². The number of hydrogen-bond acceptors (Lipinski definition) is 3. The maximum absolute atomic E-state index is 9.33. The van der Waals surface area contributed by atoms with Crippen LogP contribution in [0.1, 0.15) is 12.8 Å². The first-order valence-electron chi connectivity index (χ1n) is 4.70. The van der Waals surface area contributed by atoms with Crippen LogP contribution in [0.5, 0.6) is 0 Å². The van der Waals surface area contributed by atoms with E-state index in [0.29, 0.717) is 0 Å². The van der Waals surface area contributed by atoms with Gasteiger partial charge < -0.3 is 10.0 Å². The lowest BCUT2D eigenvalue weighted by Crippen LogP contribution is -2.36. The van der Waals surface area contributed by atoms with Crippen molar-refractivity contribution < 1.29 is 5.11 Å². The molecule has 3 nitrogen and oxygen atoms in total. The van der Waals surface area contributed by atoms with E-state index in [2.05, 4.69) is 9.88 Å². The fraction of sp³-hybridized carbons (Fsp3) is 0.500. The molecule has 0 unspecified atom stereocenters. The minimum absolute atomic E-state index is 0. The SMILES string of the molecule is Cl.OC1CCN(c2ccccn2)CC1. The van der Waals surface area contributed by atoms with Crippen LogP contribution in [0.15, 0.2) is 24.4 Å². The molecule has 1 aromatic heterocycles. The number of halogens is 1. The van der Waals surface area contributed by atoms with Gasteiger partial charge in [0.05, 0.1) is 6.10 Å². The van der Waals surface area contributed by atoms with Crippen LogP contribution in [0.2, 0.25) is 0 Å². The van der Waals surface area contributed by atoms with E-state index in [9.17, 15) is 5.11 Å². The molecule has 1 N–H and O–H groups in total. The van der Waals surface area contributed by atoms with Gasteiger partial charge in [0.25, 0.3) is 0 Å². The molecule has 0 amide bonds. The van der Waals surface area contributed by atoms with Crippen molar-refractivity contribution in [3.8, 4) is 0 Å². The molecule has 0 radical (unpaired) electrons. The average molecular weight is 215 g/mol. The lowest BCUT2D eigenvalue weighted by molar-refractivity contribution is 0.145. The molecule has 0 bridgehead atoms. The summed E-state index contributed by atoms with van der Waals surface area (Å²) in [5.74, 6) is 1.02. The molecule has 1 fully saturated rings. The lowest BCUT2D eigenvalue weighted by atomic mass is 10.1. The number of nitrogens with zero attached hydrogens (tertiary/aromatic N) is 2. The molecule has 1 aliphatic heterocycles. The molecule has 0 saturated carbocycles. The summed E-state index contributed by atoms with van der Waals surface area (Å²) in [7, 11) is 0. The molecule has 2 heterocycles. The van der Waals surface area contributed by atoms with Crippen molar-refractivity contribution in [1.29, 1.82) is 0 Å². The van der Waals surface area contributed by atoms with E-state index in [4.69, 9.17) is 0 Å². The first kappa shape index (κ1) is 11.3. The maximum Gasteiger partial charge on any atom is 0.128 e. The van der Waals surface area contributed by atoms with Crippen molar-refractivity contribution in [2.45, 2.75) is 18.9 Å². The van der Waals surface area contributed by atoms with Gasteiger partial charge in [0.15, 0.2) is 0 Å². The van der Waals surface area contributed by atoms with Crippen LogP contribution in [-0.4, -0.2) is 29.3 Å². The minimum Gasteiger partial charge on any atom is -0.393 e. The van der Waals surface area contributed by atoms with E-state index < -0.39 is 0 Å². The minimum atomic E-state index is -0.111. The van der Waals surface area contributed by atoms with Gasteiger partial charge in [-0.05, 0) is 25.0 Å². The summed E-state index contributed by atoms with van der Waals surface area (Å²) >= 11 is 0. The van der Waals surface area contributed by atoms with E-state index in [1.54, 1.807) is 6.20 Å². The van der Waals surface area contributed by atoms with Crippen LogP contribution in [0.3, 0.4) is 0 Å². The van der Waals surface area contributed by atoms with Gasteiger partial charge in [-0.2, -0.15) is 0 Å². The van der Waals surface area contributed by atoms with Crippen molar-refractivity contribution in [3.05, 3.63) is 24.4 Å². The molecule has 0 spiro atoms. The van der Waals surface area contributed by atoms with Crippen LogP contribution >= 0.6 is 12.4 Å². The molecular formula is C10H15ClN2O. The Morgan fingerprint density at radius 2 is 2.00 bits per heavy atom. The number of hydrogen-bond donors (Lipinski definition) is 1. The fourth-order valence-electron chi connectivity index (χ4n) is 1.64. The van der Waals surface area contributed by atoms with E-state index in [1.165, 1.54) is 0 Å². The van der Waals surface area contributed by atoms with Crippen molar-refractivity contribution in [2.75, 3.05) is 18.0 Å². The fourth-order valence-corrected chi connectivity index (χ4v) is 1.64. The highest BCUT2D eigenvalue weighted by Gasteiger charge is 2.17. The second-order valence-corrected chi connectivity index (χ2v) is 3.41. The van der Waals surface area contributed by atoms with Gasteiger partial charge in [-0.3, -0.25) is 0 Å². The number of aromatic nitrogens is 1. The molecule has 1 aromatic rings. The molecule has 14 heavy (non-hydrogen) atoms. The predicted octanol–water partition coefficient (Wildman–Crippen LogP) is 1.46. The summed E-state index contributed by atoms with van der Waals surface area (Å²) in [6.45, 7) is 1.83. The number of pyridine rings is 1. The molecule has 78 valence electrons. The van der Waals surface area contributed by atoms with Crippen LogP contribution in [0.25, 0.3) is 0 Å². The Hall–Kier alpha value is -0.800. The zero-order chi connectivity index (χ0) is 9.10. The first-order valence-corrected chi connectivity index (χ1v) is 4.70. The van der Waals surface area contributed by atoms with Crippen LogP contribution in [0, 0.1) is 0 Å². The maximum atomic E-state index is 9.33. The second-order valence-electron chi connectivity index (χ2n) is 3.41. The number of aliphatic hydroxyl groups excluding tert-OH is 1. The van der Waals surface area contributed by atoms with Crippen molar-refractivity contribution in [1.82, 2.24) is 4.98 Å². The molecule has 1 saturated heterocycles. The Morgan fingerprint density at radius 3 is 2.57 bits per heavy atom. The van der Waals surface area contributed by atoms with E-state index in [-0.39, 0.29) is 18.5 Å². The summed E-state index contributed by atoms with van der Waals surface area (Å²) in [6.07, 6.45) is 3.41. The molecule has 4 heteroatoms. The van der Waals surface area contributed by atoms with Gasteiger partial charge >= 0.3 is 0 Å². The standard InChI is InChI=1S/C10H14N2O.ClH/c13-9-4-7-12(8-5-9)10-3-1-2-6-11-10;/h1-3,6,9,13H,4-5,7-8H2;1H. The van der Waals surface area contributed by atoms with Gasteiger partial charge in [-0.25, -0.2) is 4.98 Å². The highest BCUT2D eigenvalue weighted by molar-refractivity contribution is 5.85. The van der Waals surface area contributed by atoms with Crippen molar-refractivity contribution in [2.24, 2.45) is 0 Å². The van der Waals surface area contributed by atoms with E-state index in [0.717, 1.165) is 31.7 Å². The zero-order valence-corrected chi connectivity index (χ0v) is 8.78. The Kier molecular flexibility index (Phi) is 4.17. The van der Waals surface area contributed by atoms with E-state index in [1.807, 2.05) is 18.2 Å². The average Bonchev–Trinajstić information content (AvgIpc) is 2.20. The second kappa shape index (κ2) is 5.17. The third-order valence-corrected chi connectivity index (χ3v) is 2.44. The van der Waals surface area contributed by atoms with Crippen LogP contribution in [-0.2, 0) is 0 Å². The van der Waals surface area contributed by atoms with Crippen LogP contribution < -0.4 is 4.90 Å². The quantitative estimate of drug-likeness (QED) is 0.769. The summed E-state index contributed by atoms with van der Waals surface area (Å²) in [4.78, 5) is 6.49. The van der Waals surface area contributed by atoms with E-state index >= 15 is 0 Å². The Bertz CT molecular complexity index is 260.